The van der Waals surface area contributed by atoms with Crippen LogP contribution in [0.5, 0.6) is 0 Å². The maximum atomic E-state index is 11.6. The van der Waals surface area contributed by atoms with Crippen LogP contribution in [0.2, 0.25) is 0 Å². The minimum absolute atomic E-state index is 0.127. The number of amides is 2. The molecule has 1 saturated heterocycles. The third-order valence-corrected chi connectivity index (χ3v) is 3.66. The Hall–Kier alpha value is -0.560. The summed E-state index contributed by atoms with van der Waals surface area (Å²) in [5.74, 6) is 0.519. The van der Waals surface area contributed by atoms with Crippen molar-refractivity contribution in [3.63, 3.8) is 0 Å². The molecule has 78 valence electrons. The van der Waals surface area contributed by atoms with E-state index >= 15 is 0 Å². The molecule has 2 rings (SSSR count). The maximum absolute atomic E-state index is 11.6. The van der Waals surface area contributed by atoms with Crippen LogP contribution in [0.3, 0.4) is 0 Å². The van der Waals surface area contributed by atoms with Crippen molar-refractivity contribution in [2.24, 2.45) is 0 Å². The first-order valence-corrected chi connectivity index (χ1v) is 6.61. The van der Waals surface area contributed by atoms with Gasteiger partial charge in [-0.25, -0.2) is 4.90 Å². The van der Waals surface area contributed by atoms with Gasteiger partial charge in [0, 0.05) is 3.57 Å². The monoisotopic (exact) mass is 333 g/mol. The molecule has 0 spiro atoms. The quantitative estimate of drug-likeness (QED) is 0.582. The van der Waals surface area contributed by atoms with E-state index in [-0.39, 0.29) is 11.8 Å². The summed E-state index contributed by atoms with van der Waals surface area (Å²) in [4.78, 5) is 24.4. The van der Waals surface area contributed by atoms with Gasteiger partial charge in [-0.2, -0.15) is 0 Å². The summed E-state index contributed by atoms with van der Waals surface area (Å²) < 4.78 is 1.09. The van der Waals surface area contributed by atoms with Crippen LogP contribution in [0.4, 0.5) is 5.69 Å². The lowest BCUT2D eigenvalue weighted by Gasteiger charge is -2.24. The molecule has 0 saturated carbocycles. The number of thioether (sulfide) groups is 1. The number of carbonyl (C=O) groups is 2. The second-order valence-corrected chi connectivity index (χ2v) is 5.32. The molecule has 0 radical (unpaired) electrons. The highest BCUT2D eigenvalue weighted by atomic mass is 127. The number of halogens is 1. The molecule has 0 aromatic heterocycles. The van der Waals surface area contributed by atoms with Gasteiger partial charge in [-0.15, -0.1) is 11.8 Å². The molecule has 0 N–H and O–H groups in total. The van der Waals surface area contributed by atoms with Gasteiger partial charge in [0.25, 0.3) is 0 Å². The van der Waals surface area contributed by atoms with Crippen LogP contribution in [0.1, 0.15) is 0 Å². The predicted molar refractivity (Wildman–Crippen MR) is 69.0 cm³/mol. The van der Waals surface area contributed by atoms with Crippen LogP contribution in [0.15, 0.2) is 24.3 Å². The van der Waals surface area contributed by atoms with Gasteiger partial charge in [0.1, 0.15) is 0 Å². The number of anilines is 1. The Morgan fingerprint density at radius 3 is 2.13 bits per heavy atom. The molecule has 0 unspecified atom stereocenters. The number of hydrogen-bond acceptors (Lipinski definition) is 3. The Balaban J connectivity index is 2.31. The summed E-state index contributed by atoms with van der Waals surface area (Å²) in [6, 6.07) is 7.37. The Bertz CT molecular complexity index is 388. The molecule has 3 nitrogen and oxygen atoms in total. The van der Waals surface area contributed by atoms with Gasteiger partial charge in [0.05, 0.1) is 17.2 Å². The summed E-state index contributed by atoms with van der Waals surface area (Å²) in [5, 5.41) is 0. The maximum Gasteiger partial charge on any atom is 0.243 e. The molecular weight excluding hydrogens is 325 g/mol. The molecule has 0 bridgehead atoms. The SMILES string of the molecule is O=C1CSCC(=O)N1c1ccc(I)cc1. The first-order valence-electron chi connectivity index (χ1n) is 4.37. The largest absolute Gasteiger partial charge is 0.273 e. The highest BCUT2D eigenvalue weighted by molar-refractivity contribution is 14.1. The minimum Gasteiger partial charge on any atom is -0.273 e. The van der Waals surface area contributed by atoms with Gasteiger partial charge in [-0.05, 0) is 46.9 Å². The second-order valence-electron chi connectivity index (χ2n) is 3.09. The lowest BCUT2D eigenvalue weighted by molar-refractivity contribution is -0.124. The number of benzene rings is 1. The van der Waals surface area contributed by atoms with Crippen molar-refractivity contribution in [1.29, 1.82) is 0 Å². The van der Waals surface area contributed by atoms with Crippen molar-refractivity contribution in [1.82, 2.24) is 0 Å². The number of hydrogen-bond donors (Lipinski definition) is 0. The Labute approximate surface area is 105 Å². The molecule has 2 amide bonds. The van der Waals surface area contributed by atoms with Crippen molar-refractivity contribution >= 4 is 51.9 Å². The van der Waals surface area contributed by atoms with Crippen molar-refractivity contribution in [3.05, 3.63) is 27.8 Å². The highest BCUT2D eigenvalue weighted by Gasteiger charge is 2.27. The topological polar surface area (TPSA) is 37.4 Å². The molecule has 0 atom stereocenters. The molecule has 0 aliphatic carbocycles. The summed E-state index contributed by atoms with van der Waals surface area (Å²) in [7, 11) is 0. The molecule has 15 heavy (non-hydrogen) atoms. The number of imide groups is 1. The Morgan fingerprint density at radius 2 is 1.60 bits per heavy atom. The lowest BCUT2D eigenvalue weighted by Crippen LogP contribution is -2.43. The molecule has 5 heteroatoms. The van der Waals surface area contributed by atoms with E-state index < -0.39 is 0 Å². The van der Waals surface area contributed by atoms with E-state index in [1.165, 1.54) is 16.7 Å². The minimum atomic E-state index is -0.127. The summed E-state index contributed by atoms with van der Waals surface area (Å²) in [5.41, 5.74) is 0.672. The third-order valence-electron chi connectivity index (χ3n) is 2.03. The van der Waals surface area contributed by atoms with Crippen molar-refractivity contribution in [3.8, 4) is 0 Å². The van der Waals surface area contributed by atoms with E-state index in [2.05, 4.69) is 22.6 Å². The van der Waals surface area contributed by atoms with Crippen LogP contribution in [0, 0.1) is 3.57 Å². The first kappa shape index (κ1) is 10.9. The fourth-order valence-electron chi connectivity index (χ4n) is 1.37. The van der Waals surface area contributed by atoms with Crippen molar-refractivity contribution < 1.29 is 9.59 Å². The van der Waals surface area contributed by atoms with Crippen molar-refractivity contribution in [2.75, 3.05) is 16.4 Å². The van der Waals surface area contributed by atoms with Gasteiger partial charge in [0.15, 0.2) is 0 Å². The van der Waals surface area contributed by atoms with E-state index in [0.29, 0.717) is 17.2 Å². The number of rotatable bonds is 1. The molecular formula is C10H8INO2S. The Kier molecular flexibility index (Phi) is 3.30. The van der Waals surface area contributed by atoms with E-state index in [1.54, 1.807) is 12.1 Å². The zero-order valence-corrected chi connectivity index (χ0v) is 10.7. The van der Waals surface area contributed by atoms with E-state index in [9.17, 15) is 9.59 Å². The van der Waals surface area contributed by atoms with Crippen LogP contribution >= 0.6 is 34.4 Å². The fourth-order valence-corrected chi connectivity index (χ4v) is 2.44. The molecule has 1 aliphatic heterocycles. The molecule has 1 heterocycles. The summed E-state index contributed by atoms with van der Waals surface area (Å²) in [6.07, 6.45) is 0. The number of carbonyl (C=O) groups excluding carboxylic acids is 2. The van der Waals surface area contributed by atoms with E-state index in [4.69, 9.17) is 0 Å². The summed E-state index contributed by atoms with van der Waals surface area (Å²) >= 11 is 3.56. The van der Waals surface area contributed by atoms with Gasteiger partial charge < -0.3 is 0 Å². The molecule has 1 aliphatic rings. The third kappa shape index (κ3) is 2.34. The lowest BCUT2D eigenvalue weighted by atomic mass is 10.3. The summed E-state index contributed by atoms with van der Waals surface area (Å²) in [6.45, 7) is 0. The zero-order chi connectivity index (χ0) is 10.8. The molecule has 1 fully saturated rings. The van der Waals surface area contributed by atoms with Crippen LogP contribution in [0.25, 0.3) is 0 Å². The van der Waals surface area contributed by atoms with Crippen LogP contribution in [-0.4, -0.2) is 23.3 Å². The Morgan fingerprint density at radius 1 is 1.07 bits per heavy atom. The predicted octanol–water partition coefficient (Wildman–Crippen LogP) is 1.90. The molecule has 1 aromatic rings. The van der Waals surface area contributed by atoms with Crippen LogP contribution < -0.4 is 4.90 Å². The van der Waals surface area contributed by atoms with Crippen molar-refractivity contribution in [2.45, 2.75) is 0 Å². The van der Waals surface area contributed by atoms with Gasteiger partial charge in [-0.3, -0.25) is 9.59 Å². The van der Waals surface area contributed by atoms with Gasteiger partial charge in [-0.1, -0.05) is 0 Å². The average Bonchev–Trinajstić information content (AvgIpc) is 2.20. The smallest absolute Gasteiger partial charge is 0.243 e. The fraction of sp³-hybridized carbons (Fsp3) is 0.200. The normalized spacial score (nSPS) is 17.0. The van der Waals surface area contributed by atoms with Gasteiger partial charge in [0.2, 0.25) is 11.8 Å². The average molecular weight is 333 g/mol. The second kappa shape index (κ2) is 4.52. The highest BCUT2D eigenvalue weighted by Crippen LogP contribution is 2.22. The molecule has 1 aromatic carbocycles. The number of nitrogens with zero attached hydrogens (tertiary/aromatic N) is 1. The zero-order valence-electron chi connectivity index (χ0n) is 7.77. The van der Waals surface area contributed by atoms with Crippen LogP contribution in [-0.2, 0) is 9.59 Å². The standard InChI is InChI=1S/C10H8INO2S/c11-7-1-3-8(4-2-7)12-9(13)5-15-6-10(12)14/h1-4H,5-6H2. The van der Waals surface area contributed by atoms with Gasteiger partial charge >= 0.3 is 0 Å². The van der Waals surface area contributed by atoms with E-state index in [0.717, 1.165) is 3.57 Å². The van der Waals surface area contributed by atoms with E-state index in [1.807, 2.05) is 12.1 Å². The first-order chi connectivity index (χ1) is 7.18.